The number of aliphatic carboxylic acids is 1. The van der Waals surface area contributed by atoms with Crippen molar-refractivity contribution in [2.45, 2.75) is 39.5 Å². The number of benzene rings is 1. The molecule has 0 saturated heterocycles. The Hall–Kier alpha value is -1.52. The lowest BCUT2D eigenvalue weighted by Gasteiger charge is -2.28. The highest BCUT2D eigenvalue weighted by molar-refractivity contribution is 5.67. The number of rotatable bonds is 5. The first-order chi connectivity index (χ1) is 8.53. The molecule has 0 amide bonds. The Kier molecular flexibility index (Phi) is 4.28. The third kappa shape index (κ3) is 4.26. The summed E-state index contributed by atoms with van der Waals surface area (Å²) < 4.78 is 41.3. The van der Waals surface area contributed by atoms with Gasteiger partial charge >= 0.3 is 5.97 Å². The standard InChI is InChI=1S/C14H17F3O2/c1-9-6-10(4-5-11(9)15)14(16,17)8-13(2,3)7-12(18)19/h4-6H,7-8H2,1-3H3,(H,18,19). The van der Waals surface area contributed by atoms with Crippen LogP contribution in [-0.2, 0) is 10.7 Å². The van der Waals surface area contributed by atoms with Crippen LogP contribution in [-0.4, -0.2) is 11.1 Å². The summed E-state index contributed by atoms with van der Waals surface area (Å²) in [4.78, 5) is 10.6. The Morgan fingerprint density at radius 3 is 2.37 bits per heavy atom. The van der Waals surface area contributed by atoms with Crippen molar-refractivity contribution in [2.75, 3.05) is 0 Å². The first kappa shape index (κ1) is 15.5. The molecule has 0 aromatic heterocycles. The third-order valence-electron chi connectivity index (χ3n) is 2.91. The minimum absolute atomic E-state index is 0.146. The van der Waals surface area contributed by atoms with Gasteiger partial charge in [0.15, 0.2) is 0 Å². The van der Waals surface area contributed by atoms with E-state index in [4.69, 9.17) is 5.11 Å². The molecule has 1 aromatic carbocycles. The molecular formula is C14H17F3O2. The van der Waals surface area contributed by atoms with Gasteiger partial charge in [0.2, 0.25) is 0 Å². The van der Waals surface area contributed by atoms with Gasteiger partial charge in [0.1, 0.15) is 5.82 Å². The second-order valence-corrected chi connectivity index (χ2v) is 5.58. The third-order valence-corrected chi connectivity index (χ3v) is 2.91. The molecular weight excluding hydrogens is 257 g/mol. The maximum atomic E-state index is 14.1. The minimum atomic E-state index is -3.18. The van der Waals surface area contributed by atoms with Gasteiger partial charge in [-0.2, -0.15) is 0 Å². The van der Waals surface area contributed by atoms with Crippen LogP contribution >= 0.6 is 0 Å². The van der Waals surface area contributed by atoms with Gasteiger partial charge in [-0.15, -0.1) is 0 Å². The quantitative estimate of drug-likeness (QED) is 0.877. The van der Waals surface area contributed by atoms with Crippen LogP contribution in [0.4, 0.5) is 13.2 Å². The van der Waals surface area contributed by atoms with E-state index in [-0.39, 0.29) is 17.5 Å². The molecule has 0 bridgehead atoms. The molecule has 19 heavy (non-hydrogen) atoms. The number of carboxylic acids is 1. The second kappa shape index (κ2) is 5.23. The molecule has 0 atom stereocenters. The van der Waals surface area contributed by atoms with Gasteiger partial charge in [-0.3, -0.25) is 4.79 Å². The zero-order valence-electron chi connectivity index (χ0n) is 11.1. The van der Waals surface area contributed by atoms with Crippen molar-refractivity contribution in [1.29, 1.82) is 0 Å². The molecule has 0 aliphatic carbocycles. The molecule has 2 nitrogen and oxygen atoms in total. The molecule has 106 valence electrons. The van der Waals surface area contributed by atoms with Crippen LogP contribution in [0.25, 0.3) is 0 Å². The maximum Gasteiger partial charge on any atom is 0.303 e. The molecule has 0 saturated carbocycles. The molecule has 0 heterocycles. The predicted octanol–water partition coefficient (Wildman–Crippen LogP) is 4.12. The van der Waals surface area contributed by atoms with Crippen LogP contribution in [0.5, 0.6) is 0 Å². The lowest BCUT2D eigenvalue weighted by molar-refractivity contribution is -0.140. The van der Waals surface area contributed by atoms with E-state index in [2.05, 4.69) is 0 Å². The fraction of sp³-hybridized carbons (Fsp3) is 0.500. The Bertz CT molecular complexity index is 482. The highest BCUT2D eigenvalue weighted by Crippen LogP contribution is 2.41. The smallest absolute Gasteiger partial charge is 0.303 e. The van der Waals surface area contributed by atoms with Crippen LogP contribution in [0.2, 0.25) is 0 Å². The van der Waals surface area contributed by atoms with Crippen molar-refractivity contribution in [3.63, 3.8) is 0 Å². The fourth-order valence-electron chi connectivity index (χ4n) is 2.05. The highest BCUT2D eigenvalue weighted by Gasteiger charge is 2.39. The number of halogens is 3. The van der Waals surface area contributed by atoms with E-state index >= 15 is 0 Å². The van der Waals surface area contributed by atoms with Gasteiger partial charge in [0.05, 0.1) is 6.42 Å². The fourth-order valence-corrected chi connectivity index (χ4v) is 2.05. The number of carboxylic acid groups (broad SMARTS) is 1. The highest BCUT2D eigenvalue weighted by atomic mass is 19.3. The van der Waals surface area contributed by atoms with Crippen LogP contribution in [0.1, 0.15) is 37.8 Å². The van der Waals surface area contributed by atoms with E-state index in [1.165, 1.54) is 20.8 Å². The largest absolute Gasteiger partial charge is 0.481 e. The SMILES string of the molecule is Cc1cc(C(F)(F)CC(C)(C)CC(=O)O)ccc1F. The van der Waals surface area contributed by atoms with Crippen molar-refractivity contribution >= 4 is 5.97 Å². The Morgan fingerprint density at radius 2 is 1.89 bits per heavy atom. The first-order valence-corrected chi connectivity index (χ1v) is 5.90. The first-order valence-electron chi connectivity index (χ1n) is 5.90. The second-order valence-electron chi connectivity index (χ2n) is 5.58. The summed E-state index contributed by atoms with van der Waals surface area (Å²) in [5.74, 6) is -4.84. The van der Waals surface area contributed by atoms with Crippen molar-refractivity contribution in [3.8, 4) is 0 Å². The molecule has 0 fully saturated rings. The summed E-state index contributed by atoms with van der Waals surface area (Å²) >= 11 is 0. The average molecular weight is 274 g/mol. The molecule has 0 radical (unpaired) electrons. The summed E-state index contributed by atoms with van der Waals surface area (Å²) in [6.07, 6.45) is -0.944. The predicted molar refractivity (Wildman–Crippen MR) is 65.7 cm³/mol. The summed E-state index contributed by atoms with van der Waals surface area (Å²) in [7, 11) is 0. The summed E-state index contributed by atoms with van der Waals surface area (Å²) in [6.45, 7) is 4.37. The molecule has 0 spiro atoms. The van der Waals surface area contributed by atoms with Crippen molar-refractivity contribution in [1.82, 2.24) is 0 Å². The van der Waals surface area contributed by atoms with Crippen LogP contribution in [0, 0.1) is 18.2 Å². The zero-order valence-corrected chi connectivity index (χ0v) is 11.1. The monoisotopic (exact) mass is 274 g/mol. The Balaban J connectivity index is 2.97. The van der Waals surface area contributed by atoms with E-state index in [0.29, 0.717) is 0 Å². The minimum Gasteiger partial charge on any atom is -0.481 e. The summed E-state index contributed by atoms with van der Waals surface area (Å²) in [6, 6.07) is 3.15. The number of aryl methyl sites for hydroxylation is 1. The molecule has 5 heteroatoms. The van der Waals surface area contributed by atoms with Crippen molar-refractivity contribution < 1.29 is 23.1 Å². The van der Waals surface area contributed by atoms with Crippen molar-refractivity contribution in [3.05, 3.63) is 35.1 Å². The number of hydrogen-bond acceptors (Lipinski definition) is 1. The lowest BCUT2D eigenvalue weighted by Crippen LogP contribution is -2.26. The van der Waals surface area contributed by atoms with E-state index < -0.39 is 29.5 Å². The molecule has 1 aromatic rings. The average Bonchev–Trinajstić information content (AvgIpc) is 2.17. The zero-order chi connectivity index (χ0) is 14.8. The van der Waals surface area contributed by atoms with E-state index in [1.807, 2.05) is 0 Å². The summed E-state index contributed by atoms with van der Waals surface area (Å²) in [5, 5.41) is 8.70. The summed E-state index contributed by atoms with van der Waals surface area (Å²) in [5.41, 5.74) is -1.18. The van der Waals surface area contributed by atoms with Crippen LogP contribution < -0.4 is 0 Å². The van der Waals surface area contributed by atoms with Gasteiger partial charge in [-0.25, -0.2) is 13.2 Å². The van der Waals surface area contributed by atoms with Crippen LogP contribution in [0.3, 0.4) is 0 Å². The number of alkyl halides is 2. The topological polar surface area (TPSA) is 37.3 Å². The maximum absolute atomic E-state index is 14.1. The number of hydrogen-bond donors (Lipinski definition) is 1. The van der Waals surface area contributed by atoms with Gasteiger partial charge < -0.3 is 5.11 Å². The molecule has 0 aliphatic rings. The normalized spacial score (nSPS) is 12.5. The number of carbonyl (C=O) groups is 1. The lowest BCUT2D eigenvalue weighted by atomic mass is 9.81. The Morgan fingerprint density at radius 1 is 1.32 bits per heavy atom. The van der Waals surface area contributed by atoms with Gasteiger partial charge in [0.25, 0.3) is 5.92 Å². The van der Waals surface area contributed by atoms with Crippen molar-refractivity contribution in [2.24, 2.45) is 5.41 Å². The molecule has 0 unspecified atom stereocenters. The van der Waals surface area contributed by atoms with Gasteiger partial charge in [-0.05, 0) is 30.0 Å². The van der Waals surface area contributed by atoms with Gasteiger partial charge in [0, 0.05) is 12.0 Å². The molecule has 1 rings (SSSR count). The van der Waals surface area contributed by atoms with E-state index in [1.54, 1.807) is 0 Å². The van der Waals surface area contributed by atoms with E-state index in [0.717, 1.165) is 18.2 Å². The molecule has 1 N–H and O–H groups in total. The Labute approximate surface area is 110 Å². The van der Waals surface area contributed by atoms with Gasteiger partial charge in [-0.1, -0.05) is 19.9 Å². The van der Waals surface area contributed by atoms with Crippen LogP contribution in [0.15, 0.2) is 18.2 Å². The van der Waals surface area contributed by atoms with E-state index in [9.17, 15) is 18.0 Å². The molecule has 0 aliphatic heterocycles.